The van der Waals surface area contributed by atoms with E-state index in [9.17, 15) is 13.2 Å². The number of aliphatic hydroxyl groups is 1. The second kappa shape index (κ2) is 9.42. The van der Waals surface area contributed by atoms with E-state index in [0.29, 0.717) is 42.5 Å². The lowest BCUT2D eigenvalue weighted by molar-refractivity contribution is -0.141. The number of nitrogens with one attached hydrogen (secondary N) is 1. The molecule has 4 aromatic heterocycles. The Bertz CT molecular complexity index is 1340. The van der Waals surface area contributed by atoms with E-state index in [4.69, 9.17) is 14.5 Å². The summed E-state index contributed by atoms with van der Waals surface area (Å²) in [6.07, 6.45) is -0.359. The second-order valence-electron chi connectivity index (χ2n) is 8.16. The average molecular weight is 505 g/mol. The van der Waals surface area contributed by atoms with Crippen LogP contribution in [0.5, 0.6) is 0 Å². The molecule has 35 heavy (non-hydrogen) atoms. The van der Waals surface area contributed by atoms with Crippen LogP contribution in [-0.2, 0) is 25.6 Å². The Hall–Kier alpha value is -3.25. The van der Waals surface area contributed by atoms with Crippen molar-refractivity contribution in [3.63, 3.8) is 0 Å². The van der Waals surface area contributed by atoms with Crippen LogP contribution in [0.1, 0.15) is 35.2 Å². The Morgan fingerprint density at radius 1 is 1.23 bits per heavy atom. The molecule has 5 rings (SSSR count). The van der Waals surface area contributed by atoms with Crippen LogP contribution in [0.2, 0.25) is 0 Å². The van der Waals surface area contributed by atoms with Crippen molar-refractivity contribution in [3.05, 3.63) is 46.5 Å². The maximum atomic E-state index is 13.9. The monoisotopic (exact) mass is 504 g/mol. The molecule has 12 heteroatoms. The van der Waals surface area contributed by atoms with Crippen molar-refractivity contribution in [1.29, 1.82) is 0 Å². The highest BCUT2D eigenvalue weighted by atomic mass is 32.1. The van der Waals surface area contributed by atoms with Crippen molar-refractivity contribution in [2.24, 2.45) is 0 Å². The number of thiophene rings is 1. The van der Waals surface area contributed by atoms with E-state index in [1.54, 1.807) is 17.4 Å². The summed E-state index contributed by atoms with van der Waals surface area (Å²) in [5.41, 5.74) is -0.0728. The highest BCUT2D eigenvalue weighted by Crippen LogP contribution is 2.38. The first kappa shape index (κ1) is 23.5. The number of anilines is 2. The van der Waals surface area contributed by atoms with Gasteiger partial charge in [0, 0.05) is 30.1 Å². The summed E-state index contributed by atoms with van der Waals surface area (Å²) < 4.78 is 46.7. The topological polar surface area (TPSA) is 100 Å². The molecule has 0 amide bonds. The quantitative estimate of drug-likeness (QED) is 0.350. The number of halogens is 3. The Morgan fingerprint density at radius 2 is 2.09 bits per heavy atom. The Morgan fingerprint density at radius 3 is 2.80 bits per heavy atom. The van der Waals surface area contributed by atoms with Gasteiger partial charge >= 0.3 is 6.18 Å². The number of rotatable bonds is 7. The zero-order chi connectivity index (χ0) is 24.6. The zero-order valence-corrected chi connectivity index (χ0v) is 19.7. The van der Waals surface area contributed by atoms with Crippen LogP contribution in [-0.4, -0.2) is 44.7 Å². The minimum atomic E-state index is -4.59. The number of aromatic nitrogens is 4. The van der Waals surface area contributed by atoms with Gasteiger partial charge in [-0.2, -0.15) is 18.2 Å². The van der Waals surface area contributed by atoms with Crippen LogP contribution >= 0.6 is 11.3 Å². The highest BCUT2D eigenvalue weighted by molar-refractivity contribution is 7.18. The van der Waals surface area contributed by atoms with Crippen molar-refractivity contribution in [2.45, 2.75) is 38.9 Å². The predicted molar refractivity (Wildman–Crippen MR) is 126 cm³/mol. The lowest BCUT2D eigenvalue weighted by Crippen LogP contribution is -2.34. The lowest BCUT2D eigenvalue weighted by Gasteiger charge is -2.31. The number of aryl methyl sites for hydroxylation is 1. The molecular weight excluding hydrogens is 481 g/mol. The predicted octanol–water partition coefficient (Wildman–Crippen LogP) is 4.68. The molecule has 0 aliphatic carbocycles. The van der Waals surface area contributed by atoms with Gasteiger partial charge in [-0.15, -0.1) is 11.3 Å². The van der Waals surface area contributed by atoms with E-state index in [-0.39, 0.29) is 31.0 Å². The first-order valence-corrected chi connectivity index (χ1v) is 12.1. The Kier molecular flexibility index (Phi) is 6.32. The minimum Gasteiger partial charge on any atom is -0.472 e. The van der Waals surface area contributed by atoms with Gasteiger partial charge in [-0.25, -0.2) is 15.0 Å². The summed E-state index contributed by atoms with van der Waals surface area (Å²) in [6.45, 7) is 3.11. The molecule has 2 N–H and O–H groups in total. The number of hydrogen-bond donors (Lipinski definition) is 2. The van der Waals surface area contributed by atoms with Crippen LogP contribution in [0, 0.1) is 0 Å². The molecule has 0 radical (unpaired) electrons. The first-order valence-electron chi connectivity index (χ1n) is 11.3. The summed E-state index contributed by atoms with van der Waals surface area (Å²) >= 11 is 1.57. The van der Waals surface area contributed by atoms with Crippen molar-refractivity contribution < 1.29 is 22.7 Å². The van der Waals surface area contributed by atoms with E-state index in [2.05, 4.69) is 27.2 Å². The third-order valence-electron chi connectivity index (χ3n) is 5.80. The number of hydrogen-bond acceptors (Lipinski definition) is 9. The van der Waals surface area contributed by atoms with Crippen molar-refractivity contribution in [3.8, 4) is 11.4 Å². The third-order valence-corrected chi connectivity index (χ3v) is 6.98. The van der Waals surface area contributed by atoms with Gasteiger partial charge in [-0.1, -0.05) is 6.92 Å². The molecule has 1 aliphatic rings. The maximum absolute atomic E-state index is 13.9. The number of nitrogens with zero attached hydrogens (tertiary/aromatic N) is 5. The average Bonchev–Trinajstić information content (AvgIpc) is 3.52. The van der Waals surface area contributed by atoms with Gasteiger partial charge in [0.15, 0.2) is 11.5 Å². The number of aliphatic hydroxyl groups excluding tert-OH is 1. The SMILES string of the molecule is CCc1cc2c(N3CCc4c(nc(-c5ccoc5)nc4C(F)(F)F)C3)nc(NCCCO)nc2s1. The second-order valence-corrected chi connectivity index (χ2v) is 9.28. The van der Waals surface area contributed by atoms with E-state index in [1.165, 1.54) is 12.5 Å². The van der Waals surface area contributed by atoms with E-state index >= 15 is 0 Å². The molecule has 0 atom stereocenters. The Labute approximate surface area is 202 Å². The number of fused-ring (bicyclic) bond motifs is 2. The molecule has 0 bridgehead atoms. The molecule has 0 spiro atoms. The van der Waals surface area contributed by atoms with Gasteiger partial charge < -0.3 is 19.7 Å². The molecule has 0 aromatic carbocycles. The summed E-state index contributed by atoms with van der Waals surface area (Å²) in [5, 5.41) is 13.1. The van der Waals surface area contributed by atoms with Crippen LogP contribution in [0.4, 0.5) is 24.9 Å². The van der Waals surface area contributed by atoms with Gasteiger partial charge in [-0.3, -0.25) is 0 Å². The van der Waals surface area contributed by atoms with Crippen LogP contribution < -0.4 is 10.2 Å². The summed E-state index contributed by atoms with van der Waals surface area (Å²) in [5.74, 6) is 1.06. The van der Waals surface area contributed by atoms with Gasteiger partial charge in [0.1, 0.15) is 16.9 Å². The molecule has 8 nitrogen and oxygen atoms in total. The van der Waals surface area contributed by atoms with E-state index in [0.717, 1.165) is 21.5 Å². The maximum Gasteiger partial charge on any atom is 0.433 e. The molecule has 4 aromatic rings. The fourth-order valence-electron chi connectivity index (χ4n) is 4.10. The molecule has 0 fully saturated rings. The fourth-order valence-corrected chi connectivity index (χ4v) is 5.06. The van der Waals surface area contributed by atoms with Crippen LogP contribution in [0.25, 0.3) is 21.6 Å². The highest BCUT2D eigenvalue weighted by Gasteiger charge is 2.39. The molecule has 5 heterocycles. The largest absolute Gasteiger partial charge is 0.472 e. The van der Waals surface area contributed by atoms with E-state index < -0.39 is 11.9 Å². The molecule has 0 unspecified atom stereocenters. The van der Waals surface area contributed by atoms with Crippen molar-refractivity contribution in [2.75, 3.05) is 29.9 Å². The summed E-state index contributed by atoms with van der Waals surface area (Å²) in [7, 11) is 0. The molecular formula is C23H23F3N6O2S. The summed E-state index contributed by atoms with van der Waals surface area (Å²) in [6, 6.07) is 3.58. The van der Waals surface area contributed by atoms with Gasteiger partial charge in [-0.05, 0) is 31.4 Å². The smallest absolute Gasteiger partial charge is 0.433 e. The van der Waals surface area contributed by atoms with Gasteiger partial charge in [0.05, 0.1) is 29.5 Å². The minimum absolute atomic E-state index is 0.0188. The number of alkyl halides is 3. The zero-order valence-electron chi connectivity index (χ0n) is 18.9. The molecule has 1 aliphatic heterocycles. The van der Waals surface area contributed by atoms with Gasteiger partial charge in [0.25, 0.3) is 0 Å². The standard InChI is InChI=1S/C23H23F3N6O2S/c1-2-14-10-16-20(30-22(27-6-3-8-33)31-21(16)35-14)32-7-4-15-17(11-32)28-19(13-5-9-34-12-13)29-18(15)23(24,25)26/h5,9-10,12,33H,2-4,6-8,11H2,1H3,(H,27,30,31). The first-order chi connectivity index (χ1) is 16.9. The Balaban J connectivity index is 1.57. The normalized spacial score (nSPS) is 13.9. The van der Waals surface area contributed by atoms with Crippen LogP contribution in [0.3, 0.4) is 0 Å². The number of furan rings is 1. The third kappa shape index (κ3) is 4.67. The molecule has 184 valence electrons. The lowest BCUT2D eigenvalue weighted by atomic mass is 10.0. The van der Waals surface area contributed by atoms with Crippen molar-refractivity contribution in [1.82, 2.24) is 19.9 Å². The molecule has 0 saturated heterocycles. The van der Waals surface area contributed by atoms with Crippen molar-refractivity contribution >= 4 is 33.3 Å². The van der Waals surface area contributed by atoms with Gasteiger partial charge in [0.2, 0.25) is 5.95 Å². The van der Waals surface area contributed by atoms with Crippen LogP contribution in [0.15, 0.2) is 29.1 Å². The summed E-state index contributed by atoms with van der Waals surface area (Å²) in [4.78, 5) is 21.6. The van der Waals surface area contributed by atoms with E-state index in [1.807, 2.05) is 11.0 Å². The molecule has 0 saturated carbocycles. The fraction of sp³-hybridized carbons (Fsp3) is 0.391.